The maximum Gasteiger partial charge on any atom is 0.0715 e. The molecule has 3 nitrogen and oxygen atoms in total. The van der Waals surface area contributed by atoms with E-state index in [-0.39, 0.29) is 6.61 Å². The van der Waals surface area contributed by atoms with Gasteiger partial charge in [-0.25, -0.2) is 0 Å². The van der Waals surface area contributed by atoms with Gasteiger partial charge in [-0.05, 0) is 19.3 Å². The Morgan fingerprint density at radius 1 is 1.55 bits per heavy atom. The van der Waals surface area contributed by atoms with Crippen LogP contribution in [0.15, 0.2) is 6.20 Å². The standard InChI is InChI=1S/C8H12N2O/c11-6-7-5-9-10-4-2-1-3-8(7)10/h5,11H,1-4,6H2. The Bertz CT molecular complexity index is 241. The fraction of sp³-hybridized carbons (Fsp3) is 0.625. The Morgan fingerprint density at radius 2 is 2.45 bits per heavy atom. The van der Waals surface area contributed by atoms with Gasteiger partial charge in [0.1, 0.15) is 0 Å². The molecule has 0 unspecified atom stereocenters. The highest BCUT2D eigenvalue weighted by Crippen LogP contribution is 2.17. The summed E-state index contributed by atoms with van der Waals surface area (Å²) < 4.78 is 2.01. The first kappa shape index (κ1) is 6.85. The van der Waals surface area contributed by atoms with E-state index in [2.05, 4.69) is 5.10 Å². The summed E-state index contributed by atoms with van der Waals surface area (Å²) in [5, 5.41) is 13.1. The van der Waals surface area contributed by atoms with Crippen molar-refractivity contribution < 1.29 is 5.11 Å². The average molecular weight is 152 g/mol. The molecule has 0 aliphatic carbocycles. The second-order valence-electron chi connectivity index (χ2n) is 2.95. The number of aryl methyl sites for hydroxylation is 1. The normalized spacial score (nSPS) is 16.5. The molecular weight excluding hydrogens is 140 g/mol. The van der Waals surface area contributed by atoms with Crippen LogP contribution in [0.5, 0.6) is 0 Å². The van der Waals surface area contributed by atoms with E-state index in [1.165, 1.54) is 18.5 Å². The van der Waals surface area contributed by atoms with Crippen molar-refractivity contribution in [3.05, 3.63) is 17.5 Å². The van der Waals surface area contributed by atoms with Crippen LogP contribution >= 0.6 is 0 Å². The maximum absolute atomic E-state index is 8.93. The summed E-state index contributed by atoms with van der Waals surface area (Å²) in [5.41, 5.74) is 2.24. The summed E-state index contributed by atoms with van der Waals surface area (Å²) in [6.45, 7) is 1.16. The third-order valence-electron chi connectivity index (χ3n) is 2.24. The number of aromatic nitrogens is 2. The summed E-state index contributed by atoms with van der Waals surface area (Å²) in [7, 11) is 0. The minimum absolute atomic E-state index is 0.134. The zero-order valence-electron chi connectivity index (χ0n) is 6.45. The second-order valence-corrected chi connectivity index (χ2v) is 2.95. The molecule has 3 heteroatoms. The summed E-state index contributed by atoms with van der Waals surface area (Å²) in [6, 6.07) is 0. The minimum Gasteiger partial charge on any atom is -0.392 e. The molecule has 0 radical (unpaired) electrons. The maximum atomic E-state index is 8.93. The molecule has 1 aromatic rings. The molecule has 0 spiro atoms. The van der Waals surface area contributed by atoms with Gasteiger partial charge >= 0.3 is 0 Å². The summed E-state index contributed by atoms with van der Waals surface area (Å²) in [5.74, 6) is 0. The lowest BCUT2D eigenvalue weighted by molar-refractivity contribution is 0.279. The van der Waals surface area contributed by atoms with Crippen LogP contribution in [0.1, 0.15) is 24.1 Å². The summed E-state index contributed by atoms with van der Waals surface area (Å²) in [6.07, 6.45) is 5.31. The Labute approximate surface area is 65.7 Å². The van der Waals surface area contributed by atoms with E-state index >= 15 is 0 Å². The van der Waals surface area contributed by atoms with Gasteiger partial charge in [-0.1, -0.05) is 0 Å². The van der Waals surface area contributed by atoms with Crippen LogP contribution in [0.4, 0.5) is 0 Å². The van der Waals surface area contributed by atoms with Gasteiger partial charge in [-0.2, -0.15) is 5.10 Å². The second kappa shape index (κ2) is 2.66. The Hall–Kier alpha value is -0.830. The van der Waals surface area contributed by atoms with Crippen molar-refractivity contribution in [2.24, 2.45) is 0 Å². The van der Waals surface area contributed by atoms with Gasteiger partial charge in [-0.3, -0.25) is 4.68 Å². The molecule has 0 saturated carbocycles. The van der Waals surface area contributed by atoms with Crippen molar-refractivity contribution >= 4 is 0 Å². The van der Waals surface area contributed by atoms with Crippen molar-refractivity contribution in [3.63, 3.8) is 0 Å². The van der Waals surface area contributed by atoms with E-state index in [1.54, 1.807) is 6.20 Å². The number of aliphatic hydroxyl groups is 1. The molecule has 60 valence electrons. The summed E-state index contributed by atoms with van der Waals surface area (Å²) in [4.78, 5) is 0. The highest BCUT2D eigenvalue weighted by Gasteiger charge is 2.12. The molecule has 2 heterocycles. The number of fused-ring (bicyclic) bond motifs is 1. The van der Waals surface area contributed by atoms with Gasteiger partial charge < -0.3 is 5.11 Å². The van der Waals surface area contributed by atoms with E-state index in [4.69, 9.17) is 5.11 Å². The first-order chi connectivity index (χ1) is 5.42. The minimum atomic E-state index is 0.134. The van der Waals surface area contributed by atoms with Crippen molar-refractivity contribution in [1.82, 2.24) is 9.78 Å². The number of rotatable bonds is 1. The SMILES string of the molecule is OCc1cnn2c1CCCC2. The van der Waals surface area contributed by atoms with E-state index in [9.17, 15) is 0 Å². The molecule has 1 N–H and O–H groups in total. The third-order valence-corrected chi connectivity index (χ3v) is 2.24. The molecule has 2 rings (SSSR count). The third kappa shape index (κ3) is 1.05. The monoisotopic (exact) mass is 152 g/mol. The van der Waals surface area contributed by atoms with Crippen LogP contribution in [-0.4, -0.2) is 14.9 Å². The van der Waals surface area contributed by atoms with Crippen LogP contribution in [0.25, 0.3) is 0 Å². The fourth-order valence-electron chi connectivity index (χ4n) is 1.62. The topological polar surface area (TPSA) is 38.1 Å². The number of hydrogen-bond acceptors (Lipinski definition) is 2. The van der Waals surface area contributed by atoms with E-state index in [0.29, 0.717) is 0 Å². The van der Waals surface area contributed by atoms with Crippen molar-refractivity contribution in [2.75, 3.05) is 0 Å². The average Bonchev–Trinajstić information content (AvgIpc) is 2.47. The van der Waals surface area contributed by atoms with Crippen LogP contribution in [0.3, 0.4) is 0 Å². The summed E-state index contributed by atoms with van der Waals surface area (Å²) >= 11 is 0. The van der Waals surface area contributed by atoms with Crippen molar-refractivity contribution in [2.45, 2.75) is 32.4 Å². The highest BCUT2D eigenvalue weighted by molar-refractivity contribution is 5.17. The van der Waals surface area contributed by atoms with E-state index < -0.39 is 0 Å². The quantitative estimate of drug-likeness (QED) is 0.643. The highest BCUT2D eigenvalue weighted by atomic mass is 16.3. The van der Waals surface area contributed by atoms with Crippen LogP contribution in [0, 0.1) is 0 Å². The lowest BCUT2D eigenvalue weighted by Crippen LogP contribution is -2.11. The van der Waals surface area contributed by atoms with Crippen LogP contribution in [0.2, 0.25) is 0 Å². The van der Waals surface area contributed by atoms with Crippen LogP contribution in [-0.2, 0) is 19.6 Å². The van der Waals surface area contributed by atoms with Crippen molar-refractivity contribution in [1.29, 1.82) is 0 Å². The first-order valence-corrected chi connectivity index (χ1v) is 4.06. The van der Waals surface area contributed by atoms with Gasteiger partial charge in [0.15, 0.2) is 0 Å². The molecule has 1 aliphatic heterocycles. The molecule has 0 saturated heterocycles. The first-order valence-electron chi connectivity index (χ1n) is 4.06. The molecular formula is C8H12N2O. The zero-order chi connectivity index (χ0) is 7.68. The zero-order valence-corrected chi connectivity index (χ0v) is 6.45. The molecule has 11 heavy (non-hydrogen) atoms. The van der Waals surface area contributed by atoms with Gasteiger partial charge in [0.05, 0.1) is 12.8 Å². The molecule has 0 fully saturated rings. The van der Waals surface area contributed by atoms with Gasteiger partial charge in [0, 0.05) is 17.8 Å². The number of hydrogen-bond donors (Lipinski definition) is 1. The molecule has 1 aliphatic rings. The lowest BCUT2D eigenvalue weighted by Gasteiger charge is -2.13. The Morgan fingerprint density at radius 3 is 3.27 bits per heavy atom. The molecule has 0 bridgehead atoms. The fourth-order valence-corrected chi connectivity index (χ4v) is 1.62. The van der Waals surface area contributed by atoms with E-state index in [1.807, 2.05) is 4.68 Å². The predicted molar refractivity (Wildman–Crippen MR) is 41.1 cm³/mol. The largest absolute Gasteiger partial charge is 0.392 e. The predicted octanol–water partition coefficient (Wildman–Crippen LogP) is 0.712. The molecule has 1 aromatic heterocycles. The van der Waals surface area contributed by atoms with Gasteiger partial charge in [0.2, 0.25) is 0 Å². The number of nitrogens with zero attached hydrogens (tertiary/aromatic N) is 2. The molecule has 0 aromatic carbocycles. The lowest BCUT2D eigenvalue weighted by atomic mass is 10.1. The van der Waals surface area contributed by atoms with Crippen LogP contribution < -0.4 is 0 Å². The smallest absolute Gasteiger partial charge is 0.0715 e. The molecule has 0 amide bonds. The van der Waals surface area contributed by atoms with E-state index in [0.717, 1.165) is 18.5 Å². The Balaban J connectivity index is 2.38. The van der Waals surface area contributed by atoms with Gasteiger partial charge in [0.25, 0.3) is 0 Å². The van der Waals surface area contributed by atoms with Gasteiger partial charge in [-0.15, -0.1) is 0 Å². The Kier molecular flexibility index (Phi) is 1.66. The molecule has 0 atom stereocenters. The van der Waals surface area contributed by atoms with Crippen molar-refractivity contribution in [3.8, 4) is 0 Å². The number of aliphatic hydroxyl groups excluding tert-OH is 1.